The molecule has 2 heterocycles. The first-order valence-corrected chi connectivity index (χ1v) is 10.2. The number of halogens is 1. The molecule has 0 spiro atoms. The smallest absolute Gasteiger partial charge is 0.363 e. The Labute approximate surface area is 171 Å². The zero-order chi connectivity index (χ0) is 21.9. The Kier molecular flexibility index (Phi) is 6.73. The highest BCUT2D eigenvalue weighted by molar-refractivity contribution is 7.84. The van der Waals surface area contributed by atoms with Crippen molar-refractivity contribution in [3.8, 4) is 0 Å². The van der Waals surface area contributed by atoms with Crippen LogP contribution in [-0.2, 0) is 34.3 Å². The van der Waals surface area contributed by atoms with Gasteiger partial charge in [-0.1, -0.05) is 5.16 Å². The number of nitrogens with two attached hydrogens (primary N) is 1. The van der Waals surface area contributed by atoms with Crippen LogP contribution in [0.3, 0.4) is 0 Å². The topological polar surface area (TPSA) is 210 Å². The van der Waals surface area contributed by atoms with E-state index in [9.17, 15) is 27.6 Å². The molecule has 0 saturated carbocycles. The molecule has 0 radical (unpaired) electrons. The van der Waals surface area contributed by atoms with Crippen molar-refractivity contribution >= 4 is 67.7 Å². The van der Waals surface area contributed by atoms with Gasteiger partial charge in [-0.3, -0.25) is 23.7 Å². The monoisotopic (exact) mass is 468 g/mol. The lowest BCUT2D eigenvalue weighted by atomic mass is 9.98. The Morgan fingerprint density at radius 3 is 2.66 bits per heavy atom. The molecule has 4 amide bonds. The van der Waals surface area contributed by atoms with Crippen molar-refractivity contribution in [3.05, 3.63) is 11.1 Å². The lowest BCUT2D eigenvalue weighted by Crippen LogP contribution is -2.75. The van der Waals surface area contributed by atoms with Crippen LogP contribution in [0.2, 0.25) is 0 Å². The molecule has 2 unspecified atom stereocenters. The Balaban J connectivity index is 2.23. The summed E-state index contributed by atoms with van der Waals surface area (Å²) in [5.74, 6) is -4.49. The average molecular weight is 469 g/mol. The molecule has 1 aliphatic rings. The van der Waals surface area contributed by atoms with E-state index in [1.165, 1.54) is 5.38 Å². The van der Waals surface area contributed by atoms with Crippen LogP contribution in [0.5, 0.6) is 0 Å². The normalized spacial score (nSPS) is 19.3. The minimum atomic E-state index is -5.06. The van der Waals surface area contributed by atoms with E-state index in [1.807, 2.05) is 0 Å². The van der Waals surface area contributed by atoms with Crippen LogP contribution in [0, 0.1) is 0 Å². The molecule has 1 aromatic heterocycles. The molecular formula is C12H13ClN6O8S2. The molecule has 14 nitrogen and oxygen atoms in total. The van der Waals surface area contributed by atoms with Crippen molar-refractivity contribution < 1.29 is 37.0 Å². The van der Waals surface area contributed by atoms with Gasteiger partial charge in [-0.15, -0.1) is 22.9 Å². The number of hydrogen-bond donors (Lipinski definition) is 4. The largest absolute Gasteiger partial charge is 0.398 e. The van der Waals surface area contributed by atoms with Crippen molar-refractivity contribution in [2.75, 3.05) is 18.3 Å². The first-order valence-electron chi connectivity index (χ1n) is 7.35. The molecule has 1 fully saturated rings. The second-order valence-corrected chi connectivity index (χ2v) is 7.67. The minimum absolute atomic E-state index is 0.0618. The lowest BCUT2D eigenvalue weighted by molar-refractivity contribution is -0.150. The predicted octanol–water partition coefficient (Wildman–Crippen LogP) is -2.35. The molecule has 5 N–H and O–H groups in total. The highest BCUT2D eigenvalue weighted by atomic mass is 35.5. The van der Waals surface area contributed by atoms with E-state index in [0.29, 0.717) is 0 Å². The van der Waals surface area contributed by atoms with Gasteiger partial charge in [0.2, 0.25) is 11.8 Å². The van der Waals surface area contributed by atoms with Gasteiger partial charge in [0.05, 0.1) is 0 Å². The molecule has 2 rings (SSSR count). The highest BCUT2D eigenvalue weighted by Gasteiger charge is 2.57. The van der Waals surface area contributed by atoms with E-state index >= 15 is 0 Å². The summed E-state index contributed by atoms with van der Waals surface area (Å²) in [6, 6.07) is -3.50. The molecule has 17 heteroatoms. The van der Waals surface area contributed by atoms with Crippen LogP contribution in [0.15, 0.2) is 10.5 Å². The molecule has 0 bridgehead atoms. The van der Waals surface area contributed by atoms with Crippen LogP contribution in [-0.4, -0.2) is 76.7 Å². The summed E-state index contributed by atoms with van der Waals surface area (Å²) in [5, 5.41) is 9.35. The minimum Gasteiger partial charge on any atom is -0.398 e. The molecule has 29 heavy (non-hydrogen) atoms. The van der Waals surface area contributed by atoms with E-state index < -0.39 is 51.7 Å². The van der Waals surface area contributed by atoms with Crippen molar-refractivity contribution in [1.29, 1.82) is 0 Å². The summed E-state index contributed by atoms with van der Waals surface area (Å²) in [4.78, 5) is 55.7. The average Bonchev–Trinajstić information content (AvgIpc) is 3.07. The number of nitrogens with zero attached hydrogens (tertiary/aromatic N) is 3. The number of thiazole rings is 1. The molecule has 0 aliphatic carbocycles. The van der Waals surface area contributed by atoms with Gasteiger partial charge in [-0.05, 0) is 0 Å². The van der Waals surface area contributed by atoms with Gasteiger partial charge in [0.1, 0.15) is 24.7 Å². The zero-order valence-corrected chi connectivity index (χ0v) is 16.7. The number of amides is 4. The fourth-order valence-electron chi connectivity index (χ4n) is 2.24. The second kappa shape index (κ2) is 8.68. The Hall–Kier alpha value is -2.82. The van der Waals surface area contributed by atoms with Gasteiger partial charge in [0, 0.05) is 5.38 Å². The number of alkyl halides is 1. The maximum absolute atomic E-state index is 12.5. The maximum Gasteiger partial charge on any atom is 0.363 e. The lowest BCUT2D eigenvalue weighted by Gasteiger charge is -2.41. The zero-order valence-electron chi connectivity index (χ0n) is 14.4. The number of aromatic nitrogens is 1. The second-order valence-electron chi connectivity index (χ2n) is 5.25. The van der Waals surface area contributed by atoms with E-state index in [-0.39, 0.29) is 21.0 Å². The van der Waals surface area contributed by atoms with Crippen molar-refractivity contribution in [2.24, 2.45) is 10.9 Å². The van der Waals surface area contributed by atoms with Gasteiger partial charge in [-0.25, -0.2) is 4.98 Å². The number of β-lactam (4-membered cyclic amide) rings is 1. The van der Waals surface area contributed by atoms with Crippen LogP contribution in [0.1, 0.15) is 5.69 Å². The summed E-state index contributed by atoms with van der Waals surface area (Å²) < 4.78 is 31.2. The summed E-state index contributed by atoms with van der Waals surface area (Å²) >= 11 is 6.30. The molecular weight excluding hydrogens is 456 g/mol. The molecule has 0 aromatic carbocycles. The number of carbonyl (C=O) groups excluding carboxylic acids is 4. The summed E-state index contributed by atoms with van der Waals surface area (Å²) in [5.41, 5.74) is 4.54. The van der Waals surface area contributed by atoms with E-state index in [1.54, 1.807) is 0 Å². The fraction of sp³-hybridized carbons (Fsp3) is 0.333. The number of nitrogens with one attached hydrogen (secondary N) is 2. The summed E-state index contributed by atoms with van der Waals surface area (Å²) in [6.07, 6.45) is 0. The highest BCUT2D eigenvalue weighted by Crippen LogP contribution is 2.24. The Morgan fingerprint density at radius 1 is 1.48 bits per heavy atom. The quantitative estimate of drug-likeness (QED) is 0.106. The third kappa shape index (κ3) is 4.78. The fourth-order valence-corrected chi connectivity index (χ4v) is 3.87. The summed E-state index contributed by atoms with van der Waals surface area (Å²) in [7, 11) is -3.93. The number of rotatable bonds is 8. The number of primary amides is 1. The van der Waals surface area contributed by atoms with Crippen LogP contribution in [0.25, 0.3) is 0 Å². The third-order valence-corrected chi connectivity index (χ3v) is 5.30. The van der Waals surface area contributed by atoms with Gasteiger partial charge >= 0.3 is 10.3 Å². The number of carbonyl (C=O) groups is 4. The van der Waals surface area contributed by atoms with Crippen molar-refractivity contribution in [2.45, 2.75) is 12.1 Å². The van der Waals surface area contributed by atoms with Crippen LogP contribution in [0.4, 0.5) is 5.13 Å². The Morgan fingerprint density at radius 2 is 2.14 bits per heavy atom. The SMILES string of the molecule is CO/N=C(\C(=O)NC1C(=O)N(S(=O)(=O)O)C1C(N)=O)c1csc(NC(=O)CCl)n1. The molecule has 1 saturated heterocycles. The van der Waals surface area contributed by atoms with Crippen molar-refractivity contribution in [1.82, 2.24) is 14.6 Å². The van der Waals surface area contributed by atoms with E-state index in [0.717, 1.165) is 18.4 Å². The predicted molar refractivity (Wildman–Crippen MR) is 98.3 cm³/mol. The van der Waals surface area contributed by atoms with Gasteiger partial charge < -0.3 is 21.2 Å². The molecule has 158 valence electrons. The number of oxime groups is 1. The van der Waals surface area contributed by atoms with Gasteiger partial charge in [0.25, 0.3) is 11.8 Å². The van der Waals surface area contributed by atoms with Crippen LogP contribution < -0.4 is 16.4 Å². The summed E-state index contributed by atoms with van der Waals surface area (Å²) in [6.45, 7) is 0. The van der Waals surface area contributed by atoms with Crippen LogP contribution >= 0.6 is 22.9 Å². The molecule has 2 atom stereocenters. The van der Waals surface area contributed by atoms with Gasteiger partial charge in [-0.2, -0.15) is 12.7 Å². The molecule has 1 aromatic rings. The van der Waals surface area contributed by atoms with E-state index in [4.69, 9.17) is 21.9 Å². The van der Waals surface area contributed by atoms with Crippen molar-refractivity contribution in [3.63, 3.8) is 0 Å². The molecule has 1 aliphatic heterocycles. The first kappa shape index (κ1) is 22.5. The van der Waals surface area contributed by atoms with Gasteiger partial charge in [0.15, 0.2) is 16.9 Å². The van der Waals surface area contributed by atoms with E-state index in [2.05, 4.69) is 25.6 Å². The Bertz CT molecular complexity index is 992. The third-order valence-electron chi connectivity index (χ3n) is 3.39. The first-order chi connectivity index (χ1) is 13.5. The number of anilines is 1. The maximum atomic E-state index is 12.5. The standard InChI is InChI=1S/C12H13ClN6O8S2/c1-27-18-6(4-3-28-12(15-4)16-5(20)2-13)10(22)17-7-8(9(14)21)19(11(7)23)29(24,25)26/h3,7-8H,2H2,1H3,(H2,14,21)(H,17,22)(H,15,16,20)(H,24,25,26)/b18-6-. The number of hydrogen-bond acceptors (Lipinski definition) is 10.